The van der Waals surface area contributed by atoms with Gasteiger partial charge in [-0.15, -0.1) is 0 Å². The molecule has 1 aromatic rings. The molecule has 0 radical (unpaired) electrons. The Labute approximate surface area is 122 Å². The summed E-state index contributed by atoms with van der Waals surface area (Å²) in [5.74, 6) is 1.57. The van der Waals surface area contributed by atoms with E-state index in [9.17, 15) is 5.11 Å². The van der Waals surface area contributed by atoms with E-state index in [0.717, 1.165) is 36.3 Å². The summed E-state index contributed by atoms with van der Waals surface area (Å²) in [4.78, 5) is 0. The molecule has 0 saturated carbocycles. The molecule has 1 aromatic carbocycles. The van der Waals surface area contributed by atoms with E-state index in [1.165, 1.54) is 0 Å². The van der Waals surface area contributed by atoms with E-state index in [0.29, 0.717) is 13.2 Å². The molecule has 1 atom stereocenters. The summed E-state index contributed by atoms with van der Waals surface area (Å²) in [5, 5.41) is 12.6. The van der Waals surface area contributed by atoms with E-state index in [1.54, 1.807) is 7.11 Å². The monoisotopic (exact) mass is 281 g/mol. The van der Waals surface area contributed by atoms with E-state index < -0.39 is 0 Å². The van der Waals surface area contributed by atoms with Gasteiger partial charge in [-0.1, -0.05) is 32.4 Å². The molecule has 0 bridgehead atoms. The predicted octanol–water partition coefficient (Wildman–Crippen LogP) is 2.73. The van der Waals surface area contributed by atoms with Crippen LogP contribution in [0.15, 0.2) is 18.2 Å². The lowest BCUT2D eigenvalue weighted by molar-refractivity contribution is 0.236. The van der Waals surface area contributed by atoms with Crippen LogP contribution in [0.3, 0.4) is 0 Å². The highest BCUT2D eigenvalue weighted by Gasteiger charge is 2.12. The zero-order valence-electron chi connectivity index (χ0n) is 12.8. The zero-order chi connectivity index (χ0) is 14.8. The van der Waals surface area contributed by atoms with Gasteiger partial charge in [0.15, 0.2) is 11.5 Å². The third-order valence-electron chi connectivity index (χ3n) is 3.32. The number of rotatable bonds is 10. The van der Waals surface area contributed by atoms with Crippen LogP contribution in [-0.4, -0.2) is 31.5 Å². The Morgan fingerprint density at radius 3 is 2.70 bits per heavy atom. The van der Waals surface area contributed by atoms with Gasteiger partial charge < -0.3 is 19.9 Å². The van der Waals surface area contributed by atoms with Crippen molar-refractivity contribution < 1.29 is 14.6 Å². The Balaban J connectivity index is 2.76. The highest BCUT2D eigenvalue weighted by molar-refractivity contribution is 5.46. The molecule has 20 heavy (non-hydrogen) atoms. The molecule has 114 valence electrons. The van der Waals surface area contributed by atoms with Crippen molar-refractivity contribution in [3.8, 4) is 11.5 Å². The minimum absolute atomic E-state index is 0.115. The number of benzene rings is 1. The SMILES string of the molecule is CCCCOc1c(CNC(CC)CO)cccc1OC. The molecule has 0 aliphatic carbocycles. The van der Waals surface area contributed by atoms with Crippen molar-refractivity contribution >= 4 is 0 Å². The molecule has 0 spiro atoms. The maximum absolute atomic E-state index is 9.23. The summed E-state index contributed by atoms with van der Waals surface area (Å²) >= 11 is 0. The van der Waals surface area contributed by atoms with Crippen LogP contribution >= 0.6 is 0 Å². The molecule has 0 aromatic heterocycles. The number of aliphatic hydroxyl groups is 1. The highest BCUT2D eigenvalue weighted by atomic mass is 16.5. The minimum Gasteiger partial charge on any atom is -0.493 e. The van der Waals surface area contributed by atoms with Crippen molar-refractivity contribution in [3.63, 3.8) is 0 Å². The molecule has 2 N–H and O–H groups in total. The molecular weight excluding hydrogens is 254 g/mol. The quantitative estimate of drug-likeness (QED) is 0.648. The zero-order valence-corrected chi connectivity index (χ0v) is 12.8. The lowest BCUT2D eigenvalue weighted by Crippen LogP contribution is -2.31. The van der Waals surface area contributed by atoms with Crippen LogP contribution < -0.4 is 14.8 Å². The first-order chi connectivity index (χ1) is 9.76. The number of nitrogens with one attached hydrogen (secondary N) is 1. The van der Waals surface area contributed by atoms with Gasteiger partial charge in [0.05, 0.1) is 20.3 Å². The number of unbranched alkanes of at least 4 members (excludes halogenated alkanes) is 1. The average Bonchev–Trinajstić information content (AvgIpc) is 2.49. The topological polar surface area (TPSA) is 50.7 Å². The van der Waals surface area contributed by atoms with Gasteiger partial charge in [0.2, 0.25) is 0 Å². The maximum atomic E-state index is 9.23. The molecule has 4 heteroatoms. The van der Waals surface area contributed by atoms with E-state index in [-0.39, 0.29) is 12.6 Å². The summed E-state index contributed by atoms with van der Waals surface area (Å²) in [6, 6.07) is 6.02. The Kier molecular flexibility index (Phi) is 8.07. The molecule has 0 aliphatic rings. The van der Waals surface area contributed by atoms with Gasteiger partial charge in [0, 0.05) is 18.2 Å². The van der Waals surface area contributed by atoms with E-state index in [4.69, 9.17) is 9.47 Å². The van der Waals surface area contributed by atoms with Crippen molar-refractivity contribution in [2.75, 3.05) is 20.3 Å². The molecule has 0 heterocycles. The summed E-state index contributed by atoms with van der Waals surface area (Å²) in [6.07, 6.45) is 3.02. The van der Waals surface area contributed by atoms with Gasteiger partial charge in [-0.3, -0.25) is 0 Å². The second-order valence-corrected chi connectivity index (χ2v) is 4.82. The molecule has 0 amide bonds. The third kappa shape index (κ3) is 5.02. The Hall–Kier alpha value is -1.26. The number of aliphatic hydroxyl groups excluding tert-OH is 1. The fourth-order valence-corrected chi connectivity index (χ4v) is 1.94. The van der Waals surface area contributed by atoms with Gasteiger partial charge in [-0.25, -0.2) is 0 Å². The fraction of sp³-hybridized carbons (Fsp3) is 0.625. The lowest BCUT2D eigenvalue weighted by Gasteiger charge is -2.18. The number of hydrogen-bond donors (Lipinski definition) is 2. The van der Waals surface area contributed by atoms with Gasteiger partial charge >= 0.3 is 0 Å². The number of methoxy groups -OCH3 is 1. The van der Waals surface area contributed by atoms with Crippen LogP contribution in [0.1, 0.15) is 38.7 Å². The van der Waals surface area contributed by atoms with Gasteiger partial charge in [-0.2, -0.15) is 0 Å². The Morgan fingerprint density at radius 1 is 1.30 bits per heavy atom. The van der Waals surface area contributed by atoms with Crippen molar-refractivity contribution in [2.45, 2.75) is 45.7 Å². The number of para-hydroxylation sites is 1. The standard InChI is InChI=1S/C16H27NO3/c1-4-6-10-20-16-13(8-7-9-15(16)19-3)11-17-14(5-2)12-18/h7-9,14,17-18H,4-6,10-12H2,1-3H3. The van der Waals surface area contributed by atoms with Crippen LogP contribution in [0.25, 0.3) is 0 Å². The second-order valence-electron chi connectivity index (χ2n) is 4.82. The maximum Gasteiger partial charge on any atom is 0.165 e. The highest BCUT2D eigenvalue weighted by Crippen LogP contribution is 2.31. The fourth-order valence-electron chi connectivity index (χ4n) is 1.94. The lowest BCUT2D eigenvalue weighted by atomic mass is 10.1. The summed E-state index contributed by atoms with van der Waals surface area (Å²) < 4.78 is 11.2. The first-order valence-electron chi connectivity index (χ1n) is 7.39. The Bertz CT molecular complexity index is 378. The summed E-state index contributed by atoms with van der Waals surface area (Å²) in [5.41, 5.74) is 1.06. The van der Waals surface area contributed by atoms with Gasteiger partial charge in [0.1, 0.15) is 0 Å². The van der Waals surface area contributed by atoms with Crippen LogP contribution in [0, 0.1) is 0 Å². The minimum atomic E-state index is 0.115. The first kappa shape index (κ1) is 16.8. The number of hydrogen-bond acceptors (Lipinski definition) is 4. The predicted molar refractivity (Wildman–Crippen MR) is 81.4 cm³/mol. The van der Waals surface area contributed by atoms with Gasteiger partial charge in [-0.05, 0) is 18.9 Å². The number of ether oxygens (including phenoxy) is 2. The molecule has 0 saturated heterocycles. The molecule has 0 fully saturated rings. The van der Waals surface area contributed by atoms with Crippen LogP contribution in [0.5, 0.6) is 11.5 Å². The molecule has 4 nitrogen and oxygen atoms in total. The second kappa shape index (κ2) is 9.61. The third-order valence-corrected chi connectivity index (χ3v) is 3.32. The van der Waals surface area contributed by atoms with Crippen molar-refractivity contribution in [1.82, 2.24) is 5.32 Å². The van der Waals surface area contributed by atoms with Crippen molar-refractivity contribution in [2.24, 2.45) is 0 Å². The van der Waals surface area contributed by atoms with Crippen LogP contribution in [-0.2, 0) is 6.54 Å². The Morgan fingerprint density at radius 2 is 2.10 bits per heavy atom. The molecule has 1 rings (SSSR count). The van der Waals surface area contributed by atoms with Crippen molar-refractivity contribution in [3.05, 3.63) is 23.8 Å². The van der Waals surface area contributed by atoms with E-state index in [2.05, 4.69) is 19.2 Å². The molecule has 1 unspecified atom stereocenters. The van der Waals surface area contributed by atoms with Crippen molar-refractivity contribution in [1.29, 1.82) is 0 Å². The van der Waals surface area contributed by atoms with Crippen LogP contribution in [0.2, 0.25) is 0 Å². The normalized spacial score (nSPS) is 12.2. The smallest absolute Gasteiger partial charge is 0.165 e. The summed E-state index contributed by atoms with van der Waals surface area (Å²) in [6.45, 7) is 5.70. The molecular formula is C16H27NO3. The first-order valence-corrected chi connectivity index (χ1v) is 7.39. The van der Waals surface area contributed by atoms with Crippen LogP contribution in [0.4, 0.5) is 0 Å². The average molecular weight is 281 g/mol. The largest absolute Gasteiger partial charge is 0.493 e. The van der Waals surface area contributed by atoms with E-state index in [1.807, 2.05) is 18.2 Å². The van der Waals surface area contributed by atoms with E-state index >= 15 is 0 Å². The molecule has 0 aliphatic heterocycles. The summed E-state index contributed by atoms with van der Waals surface area (Å²) in [7, 11) is 1.65. The van der Waals surface area contributed by atoms with Gasteiger partial charge in [0.25, 0.3) is 0 Å².